The number of carbonyl (C=O) groups is 2. The Morgan fingerprint density at radius 3 is 2.60 bits per heavy atom. The summed E-state index contributed by atoms with van der Waals surface area (Å²) in [6.07, 6.45) is -1.27. The zero-order chi connectivity index (χ0) is 11.6. The van der Waals surface area contributed by atoms with Crippen molar-refractivity contribution in [3.63, 3.8) is 0 Å². The van der Waals surface area contributed by atoms with Crippen molar-refractivity contribution in [1.29, 1.82) is 0 Å². The highest BCUT2D eigenvalue weighted by molar-refractivity contribution is 5.79. The van der Waals surface area contributed by atoms with Gasteiger partial charge in [0.1, 0.15) is 0 Å². The lowest BCUT2D eigenvalue weighted by molar-refractivity contribution is -0.190. The van der Waals surface area contributed by atoms with Gasteiger partial charge in [-0.25, -0.2) is 4.79 Å². The third-order valence-corrected chi connectivity index (χ3v) is 1.79. The summed E-state index contributed by atoms with van der Waals surface area (Å²) in [6, 6.07) is 0. The van der Waals surface area contributed by atoms with Gasteiger partial charge >= 0.3 is 6.09 Å². The standard InChI is InChI=1S/C9H16N2O4/c1-9(2,3)10-8(14)15-11-6(12)4-5-7(11)13/h6,12H,4-5H2,1-3H3,(H,10,14). The van der Waals surface area contributed by atoms with Crippen molar-refractivity contribution in [2.45, 2.75) is 45.4 Å². The van der Waals surface area contributed by atoms with Crippen molar-refractivity contribution in [3.05, 3.63) is 0 Å². The molecular formula is C9H16N2O4. The molecule has 1 aliphatic rings. The molecule has 0 bridgehead atoms. The Labute approximate surface area is 88.1 Å². The molecule has 6 nitrogen and oxygen atoms in total. The number of nitrogens with one attached hydrogen (secondary N) is 1. The van der Waals surface area contributed by atoms with E-state index in [2.05, 4.69) is 5.32 Å². The molecule has 0 radical (unpaired) electrons. The molecule has 0 spiro atoms. The number of hydrogen-bond donors (Lipinski definition) is 2. The van der Waals surface area contributed by atoms with Gasteiger partial charge in [0, 0.05) is 18.4 Å². The Balaban J connectivity index is 2.48. The largest absolute Gasteiger partial charge is 0.432 e. The van der Waals surface area contributed by atoms with Gasteiger partial charge in [-0.05, 0) is 20.8 Å². The molecule has 0 aromatic rings. The molecule has 1 saturated heterocycles. The lowest BCUT2D eigenvalue weighted by Crippen LogP contribution is -2.45. The van der Waals surface area contributed by atoms with Crippen LogP contribution in [0.3, 0.4) is 0 Å². The van der Waals surface area contributed by atoms with Crippen LogP contribution >= 0.6 is 0 Å². The average molecular weight is 216 g/mol. The number of carbonyl (C=O) groups excluding carboxylic acids is 2. The van der Waals surface area contributed by atoms with Crippen LogP contribution in [0.4, 0.5) is 4.79 Å². The zero-order valence-electron chi connectivity index (χ0n) is 9.11. The molecule has 1 atom stereocenters. The molecule has 1 aliphatic heterocycles. The predicted octanol–water partition coefficient (Wildman–Crippen LogP) is 0.367. The van der Waals surface area contributed by atoms with Crippen LogP contribution in [0, 0.1) is 0 Å². The predicted molar refractivity (Wildman–Crippen MR) is 51.5 cm³/mol. The minimum Gasteiger partial charge on any atom is -0.370 e. The van der Waals surface area contributed by atoms with E-state index in [1.807, 2.05) is 0 Å². The van der Waals surface area contributed by atoms with Gasteiger partial charge in [-0.3, -0.25) is 4.79 Å². The molecule has 0 aromatic heterocycles. The first-order valence-electron chi connectivity index (χ1n) is 4.80. The Morgan fingerprint density at radius 2 is 2.20 bits per heavy atom. The highest BCUT2D eigenvalue weighted by atomic mass is 16.7. The summed E-state index contributed by atoms with van der Waals surface area (Å²) in [5, 5.41) is 12.5. The number of rotatable bonds is 1. The summed E-state index contributed by atoms with van der Waals surface area (Å²) in [5.41, 5.74) is -0.440. The van der Waals surface area contributed by atoms with Crippen LogP contribution in [0.15, 0.2) is 0 Å². The van der Waals surface area contributed by atoms with E-state index >= 15 is 0 Å². The first-order valence-corrected chi connectivity index (χ1v) is 4.80. The Bertz CT molecular complexity index is 272. The average Bonchev–Trinajstić information content (AvgIpc) is 2.32. The van der Waals surface area contributed by atoms with Crippen molar-refractivity contribution in [3.8, 4) is 0 Å². The van der Waals surface area contributed by atoms with E-state index in [9.17, 15) is 14.7 Å². The van der Waals surface area contributed by atoms with Gasteiger partial charge in [0.25, 0.3) is 5.91 Å². The molecular weight excluding hydrogens is 200 g/mol. The Hall–Kier alpha value is -1.30. The molecule has 1 rings (SSSR count). The molecule has 1 heterocycles. The van der Waals surface area contributed by atoms with Gasteiger partial charge in [-0.1, -0.05) is 0 Å². The molecule has 0 aliphatic carbocycles. The van der Waals surface area contributed by atoms with E-state index in [0.29, 0.717) is 11.5 Å². The molecule has 0 saturated carbocycles. The van der Waals surface area contributed by atoms with Gasteiger partial charge in [0.2, 0.25) is 0 Å². The summed E-state index contributed by atoms with van der Waals surface area (Å²) in [4.78, 5) is 27.1. The van der Waals surface area contributed by atoms with Crippen molar-refractivity contribution < 1.29 is 19.5 Å². The van der Waals surface area contributed by atoms with E-state index in [4.69, 9.17) is 4.84 Å². The van der Waals surface area contributed by atoms with E-state index < -0.39 is 17.9 Å². The fraction of sp³-hybridized carbons (Fsp3) is 0.778. The summed E-state index contributed by atoms with van der Waals surface area (Å²) in [6.45, 7) is 5.36. The number of aliphatic hydroxyl groups is 1. The second-order valence-electron chi connectivity index (χ2n) is 4.49. The Kier molecular flexibility index (Phi) is 3.18. The van der Waals surface area contributed by atoms with Crippen molar-refractivity contribution in [2.75, 3.05) is 0 Å². The molecule has 86 valence electrons. The van der Waals surface area contributed by atoms with E-state index in [0.717, 1.165) is 0 Å². The number of aliphatic hydroxyl groups excluding tert-OH is 1. The fourth-order valence-corrected chi connectivity index (χ4v) is 1.18. The Morgan fingerprint density at radius 1 is 1.60 bits per heavy atom. The van der Waals surface area contributed by atoms with Crippen LogP contribution in [-0.2, 0) is 9.63 Å². The number of nitrogens with zero attached hydrogens (tertiary/aromatic N) is 1. The van der Waals surface area contributed by atoms with Gasteiger partial charge in [0.05, 0.1) is 0 Å². The van der Waals surface area contributed by atoms with Crippen LogP contribution in [0.5, 0.6) is 0 Å². The quantitative estimate of drug-likeness (QED) is 0.663. The highest BCUT2D eigenvalue weighted by Gasteiger charge is 2.33. The molecule has 6 heteroatoms. The maximum absolute atomic E-state index is 11.3. The van der Waals surface area contributed by atoms with Crippen molar-refractivity contribution in [1.82, 2.24) is 10.4 Å². The molecule has 2 N–H and O–H groups in total. The maximum atomic E-state index is 11.3. The number of hydroxylamine groups is 2. The second kappa shape index (κ2) is 4.06. The third-order valence-electron chi connectivity index (χ3n) is 1.79. The van der Waals surface area contributed by atoms with Gasteiger partial charge in [0.15, 0.2) is 6.23 Å². The zero-order valence-corrected chi connectivity index (χ0v) is 9.11. The normalized spacial score (nSPS) is 21.7. The van der Waals surface area contributed by atoms with Crippen LogP contribution in [0.2, 0.25) is 0 Å². The first-order chi connectivity index (χ1) is 6.79. The van der Waals surface area contributed by atoms with Crippen LogP contribution in [0.1, 0.15) is 33.6 Å². The third kappa shape index (κ3) is 3.39. The van der Waals surface area contributed by atoms with E-state index in [-0.39, 0.29) is 12.3 Å². The topological polar surface area (TPSA) is 78.9 Å². The highest BCUT2D eigenvalue weighted by Crippen LogP contribution is 2.16. The van der Waals surface area contributed by atoms with Gasteiger partial charge in [-0.2, -0.15) is 0 Å². The second-order valence-corrected chi connectivity index (χ2v) is 4.49. The summed E-state index contributed by atoms with van der Waals surface area (Å²) in [7, 11) is 0. The van der Waals surface area contributed by atoms with E-state index in [1.165, 1.54) is 0 Å². The van der Waals surface area contributed by atoms with Crippen LogP contribution in [0.25, 0.3) is 0 Å². The monoisotopic (exact) mass is 216 g/mol. The van der Waals surface area contributed by atoms with Crippen molar-refractivity contribution >= 4 is 12.0 Å². The number of hydrogen-bond acceptors (Lipinski definition) is 4. The van der Waals surface area contributed by atoms with E-state index in [1.54, 1.807) is 20.8 Å². The van der Waals surface area contributed by atoms with Crippen molar-refractivity contribution in [2.24, 2.45) is 0 Å². The molecule has 15 heavy (non-hydrogen) atoms. The lowest BCUT2D eigenvalue weighted by Gasteiger charge is -2.23. The molecule has 0 aromatic carbocycles. The van der Waals surface area contributed by atoms with Crippen LogP contribution in [-0.4, -0.2) is 33.9 Å². The summed E-state index contributed by atoms with van der Waals surface area (Å²) >= 11 is 0. The maximum Gasteiger partial charge on any atom is 0.432 e. The molecule has 1 unspecified atom stereocenters. The lowest BCUT2D eigenvalue weighted by atomic mass is 10.1. The number of amides is 2. The summed E-state index contributed by atoms with van der Waals surface area (Å²) in [5.74, 6) is -0.383. The smallest absolute Gasteiger partial charge is 0.370 e. The SMILES string of the molecule is CC(C)(C)NC(=O)ON1C(=O)CCC1O. The molecule has 2 amide bonds. The van der Waals surface area contributed by atoms with Crippen LogP contribution < -0.4 is 5.32 Å². The summed E-state index contributed by atoms with van der Waals surface area (Å²) < 4.78 is 0. The minimum atomic E-state index is -1.02. The molecule has 1 fully saturated rings. The minimum absolute atomic E-state index is 0.198. The van der Waals surface area contributed by atoms with Gasteiger partial charge < -0.3 is 15.3 Å². The fourth-order valence-electron chi connectivity index (χ4n) is 1.18. The first kappa shape index (κ1) is 11.8. The van der Waals surface area contributed by atoms with Gasteiger partial charge in [-0.15, -0.1) is 5.06 Å².